The fourth-order valence-electron chi connectivity index (χ4n) is 5.29. The van der Waals surface area contributed by atoms with Crippen LogP contribution < -0.4 is 14.8 Å². The number of aromatic nitrogens is 3. The predicted molar refractivity (Wildman–Crippen MR) is 128 cm³/mol. The van der Waals surface area contributed by atoms with E-state index in [2.05, 4.69) is 20.5 Å². The van der Waals surface area contributed by atoms with Gasteiger partial charge in [0.1, 0.15) is 17.2 Å². The molecule has 1 aromatic heterocycles. The average molecular weight is 462 g/mol. The average Bonchev–Trinajstić information content (AvgIpc) is 3.36. The van der Waals surface area contributed by atoms with Crippen LogP contribution in [-0.4, -0.2) is 59.2 Å². The van der Waals surface area contributed by atoms with Crippen LogP contribution in [0.25, 0.3) is 11.3 Å². The molecule has 34 heavy (non-hydrogen) atoms. The van der Waals surface area contributed by atoms with Crippen molar-refractivity contribution >= 4 is 5.91 Å². The van der Waals surface area contributed by atoms with Gasteiger partial charge in [0.2, 0.25) is 5.91 Å². The molecule has 0 radical (unpaired) electrons. The first kappa shape index (κ1) is 22.4. The van der Waals surface area contributed by atoms with Crippen molar-refractivity contribution < 1.29 is 14.3 Å². The second kappa shape index (κ2) is 9.85. The van der Waals surface area contributed by atoms with Crippen molar-refractivity contribution in [1.29, 1.82) is 0 Å². The van der Waals surface area contributed by atoms with Crippen LogP contribution in [0.1, 0.15) is 18.4 Å². The second-order valence-corrected chi connectivity index (χ2v) is 9.12. The van der Waals surface area contributed by atoms with Crippen molar-refractivity contribution in [1.82, 2.24) is 25.2 Å². The van der Waals surface area contributed by atoms with Gasteiger partial charge >= 0.3 is 0 Å². The summed E-state index contributed by atoms with van der Waals surface area (Å²) in [4.78, 5) is 15.5. The maximum atomic E-state index is 13.0. The van der Waals surface area contributed by atoms with E-state index in [1.807, 2.05) is 59.4 Å². The van der Waals surface area contributed by atoms with Crippen molar-refractivity contribution in [3.63, 3.8) is 0 Å². The molecule has 178 valence electrons. The van der Waals surface area contributed by atoms with Crippen LogP contribution in [0, 0.1) is 11.8 Å². The Labute approximate surface area is 199 Å². The molecule has 3 aliphatic rings. The van der Waals surface area contributed by atoms with Gasteiger partial charge < -0.3 is 14.8 Å². The number of nitrogens with one attached hydrogen (secondary N) is 1. The monoisotopic (exact) mass is 461 g/mol. The van der Waals surface area contributed by atoms with Gasteiger partial charge in [-0.2, -0.15) is 0 Å². The lowest BCUT2D eigenvalue weighted by molar-refractivity contribution is -0.133. The van der Waals surface area contributed by atoms with Gasteiger partial charge in [-0.25, -0.2) is 0 Å². The highest BCUT2D eigenvalue weighted by molar-refractivity contribution is 5.79. The van der Waals surface area contributed by atoms with Gasteiger partial charge in [0.15, 0.2) is 0 Å². The number of fused-ring (bicyclic) bond motifs is 3. The summed E-state index contributed by atoms with van der Waals surface area (Å²) in [7, 11) is 3.32. The number of hydrogen-bond donors (Lipinski definition) is 1. The summed E-state index contributed by atoms with van der Waals surface area (Å²) >= 11 is 0. The molecule has 1 unspecified atom stereocenters. The van der Waals surface area contributed by atoms with E-state index >= 15 is 0 Å². The highest BCUT2D eigenvalue weighted by Gasteiger charge is 2.43. The number of rotatable bonds is 8. The normalized spacial score (nSPS) is 23.5. The lowest BCUT2D eigenvalue weighted by Gasteiger charge is -2.49. The van der Waals surface area contributed by atoms with Crippen molar-refractivity contribution in [3.05, 3.63) is 60.3 Å². The zero-order valence-corrected chi connectivity index (χ0v) is 19.7. The molecule has 4 heterocycles. The Kier molecular flexibility index (Phi) is 6.49. The molecule has 6 rings (SSSR count). The first-order chi connectivity index (χ1) is 16.6. The SMILES string of the molecule is COc1ccc(-c2cn(C[C@H]3C[C@H]4CCN3C[C@@H]4C(=O)NCc3ccccc3OC)nn2)cc1. The minimum absolute atomic E-state index is 0.0327. The molecule has 0 spiro atoms. The summed E-state index contributed by atoms with van der Waals surface area (Å²) in [5.74, 6) is 2.20. The lowest BCUT2D eigenvalue weighted by Crippen LogP contribution is -2.58. The number of piperidine rings is 3. The molecule has 3 aliphatic heterocycles. The van der Waals surface area contributed by atoms with Gasteiger partial charge in [0, 0.05) is 30.3 Å². The van der Waals surface area contributed by atoms with Crippen LogP contribution in [-0.2, 0) is 17.9 Å². The molecule has 0 aliphatic carbocycles. The third-order valence-electron chi connectivity index (χ3n) is 7.18. The number of hydrogen-bond acceptors (Lipinski definition) is 6. The third kappa shape index (κ3) is 4.63. The molecular formula is C26H31N5O3. The molecule has 3 fully saturated rings. The number of carbonyl (C=O) groups excluding carboxylic acids is 1. The fourth-order valence-corrected chi connectivity index (χ4v) is 5.29. The van der Waals surface area contributed by atoms with Crippen LogP contribution in [0.3, 0.4) is 0 Å². The number of ether oxygens (including phenoxy) is 2. The van der Waals surface area contributed by atoms with E-state index in [1.54, 1.807) is 14.2 Å². The number of carbonyl (C=O) groups is 1. The van der Waals surface area contributed by atoms with E-state index in [-0.39, 0.29) is 11.8 Å². The van der Waals surface area contributed by atoms with Crippen LogP contribution >= 0.6 is 0 Å². The van der Waals surface area contributed by atoms with Crippen LogP contribution in [0.4, 0.5) is 0 Å². The number of benzene rings is 2. The Bertz CT molecular complexity index is 1130. The van der Waals surface area contributed by atoms with E-state index in [0.717, 1.165) is 60.8 Å². The van der Waals surface area contributed by atoms with E-state index in [9.17, 15) is 4.79 Å². The zero-order chi connectivity index (χ0) is 23.5. The van der Waals surface area contributed by atoms with Gasteiger partial charge in [-0.05, 0) is 55.6 Å². The highest BCUT2D eigenvalue weighted by atomic mass is 16.5. The van der Waals surface area contributed by atoms with Crippen LogP contribution in [0.5, 0.6) is 11.5 Å². The maximum Gasteiger partial charge on any atom is 0.224 e. The molecule has 1 amide bonds. The van der Waals surface area contributed by atoms with E-state index < -0.39 is 0 Å². The molecule has 3 saturated heterocycles. The summed E-state index contributed by atoms with van der Waals surface area (Å²) in [6.07, 6.45) is 4.07. The molecular weight excluding hydrogens is 430 g/mol. The molecule has 4 atom stereocenters. The number of para-hydroxylation sites is 1. The van der Waals surface area contributed by atoms with Gasteiger partial charge in [-0.1, -0.05) is 23.4 Å². The maximum absolute atomic E-state index is 13.0. The Morgan fingerprint density at radius 1 is 1.12 bits per heavy atom. The van der Waals surface area contributed by atoms with E-state index in [4.69, 9.17) is 9.47 Å². The summed E-state index contributed by atoms with van der Waals surface area (Å²) in [6.45, 7) is 3.11. The Morgan fingerprint density at radius 2 is 1.94 bits per heavy atom. The fraction of sp³-hybridized carbons (Fsp3) is 0.423. The molecule has 0 saturated carbocycles. The highest BCUT2D eigenvalue weighted by Crippen LogP contribution is 2.37. The summed E-state index contributed by atoms with van der Waals surface area (Å²) in [5, 5.41) is 11.9. The molecule has 3 aromatic rings. The van der Waals surface area contributed by atoms with Crippen molar-refractivity contribution in [2.45, 2.75) is 32.0 Å². The van der Waals surface area contributed by atoms with Crippen LogP contribution in [0.2, 0.25) is 0 Å². The summed E-state index contributed by atoms with van der Waals surface area (Å²) in [5.41, 5.74) is 2.87. The summed E-state index contributed by atoms with van der Waals surface area (Å²) in [6, 6.07) is 16.0. The predicted octanol–water partition coefficient (Wildman–Crippen LogP) is 2.99. The molecule has 8 heteroatoms. The largest absolute Gasteiger partial charge is 0.497 e. The topological polar surface area (TPSA) is 81.5 Å². The van der Waals surface area contributed by atoms with Gasteiger partial charge in [0.05, 0.1) is 32.9 Å². The minimum atomic E-state index is 0.0327. The van der Waals surface area contributed by atoms with Gasteiger partial charge in [-0.15, -0.1) is 5.10 Å². The first-order valence-electron chi connectivity index (χ1n) is 11.8. The zero-order valence-electron chi connectivity index (χ0n) is 19.7. The number of methoxy groups -OCH3 is 2. The Morgan fingerprint density at radius 3 is 2.68 bits per heavy atom. The third-order valence-corrected chi connectivity index (χ3v) is 7.18. The molecule has 8 nitrogen and oxygen atoms in total. The molecule has 2 aromatic carbocycles. The summed E-state index contributed by atoms with van der Waals surface area (Å²) < 4.78 is 12.6. The number of nitrogens with zero attached hydrogens (tertiary/aromatic N) is 4. The Hall–Kier alpha value is -3.39. The Balaban J connectivity index is 1.18. The smallest absolute Gasteiger partial charge is 0.224 e. The van der Waals surface area contributed by atoms with Crippen LogP contribution in [0.15, 0.2) is 54.7 Å². The quantitative estimate of drug-likeness (QED) is 0.556. The van der Waals surface area contributed by atoms with E-state index in [1.165, 1.54) is 0 Å². The van der Waals surface area contributed by atoms with Crippen molar-refractivity contribution in [3.8, 4) is 22.8 Å². The van der Waals surface area contributed by atoms with Crippen molar-refractivity contribution in [2.24, 2.45) is 11.8 Å². The van der Waals surface area contributed by atoms with Gasteiger partial charge in [0.25, 0.3) is 0 Å². The van der Waals surface area contributed by atoms with Crippen molar-refractivity contribution in [2.75, 3.05) is 27.3 Å². The number of amides is 1. The standard InChI is InChI=1S/C26H31N5O3/c1-33-22-9-7-18(8-10-22)24-17-31(29-28-24)15-21-13-19-11-12-30(21)16-23(19)26(32)27-14-20-5-3-4-6-25(20)34-2/h3-10,17,19,21,23H,11-16H2,1-2H3,(H,27,32)/t19-,21-,23+/m1/s1. The van der Waals surface area contributed by atoms with Gasteiger partial charge in [-0.3, -0.25) is 14.4 Å². The van der Waals surface area contributed by atoms with E-state index in [0.29, 0.717) is 18.5 Å². The molecule has 1 N–H and O–H groups in total. The lowest BCUT2D eigenvalue weighted by atomic mass is 9.75. The molecule has 2 bridgehead atoms. The minimum Gasteiger partial charge on any atom is -0.497 e. The first-order valence-corrected chi connectivity index (χ1v) is 11.8. The second-order valence-electron chi connectivity index (χ2n) is 9.12.